The van der Waals surface area contributed by atoms with Crippen molar-refractivity contribution in [2.75, 3.05) is 37.7 Å². The van der Waals surface area contributed by atoms with Crippen LogP contribution in [0.3, 0.4) is 0 Å². The van der Waals surface area contributed by atoms with E-state index in [1.54, 1.807) is 6.92 Å². The number of amides is 1. The first-order valence-corrected chi connectivity index (χ1v) is 9.91. The lowest BCUT2D eigenvalue weighted by Crippen LogP contribution is -2.48. The smallest absolute Gasteiger partial charge is 0.219 e. The van der Waals surface area contributed by atoms with Gasteiger partial charge >= 0.3 is 0 Å². The van der Waals surface area contributed by atoms with Crippen molar-refractivity contribution in [1.29, 1.82) is 0 Å². The molecule has 1 amide bonds. The molecule has 3 heterocycles. The maximum absolute atomic E-state index is 11.7. The highest BCUT2D eigenvalue weighted by Crippen LogP contribution is 2.31. The molecule has 9 heteroatoms. The maximum Gasteiger partial charge on any atom is 0.219 e. The molecule has 0 atom stereocenters. The quantitative estimate of drug-likeness (QED) is 0.682. The normalized spacial score (nSPS) is 14.1. The number of hydrogen-bond donors (Lipinski definition) is 1. The third kappa shape index (κ3) is 3.97. The van der Waals surface area contributed by atoms with Gasteiger partial charge in [-0.25, -0.2) is 15.0 Å². The summed E-state index contributed by atoms with van der Waals surface area (Å²) in [5.74, 6) is 2.34. The molecule has 0 bridgehead atoms. The molecule has 30 heavy (non-hydrogen) atoms. The number of piperazine rings is 1. The molecule has 0 aliphatic carbocycles. The SMILES string of the molecule is CC(=O)N1CCN(c2nc(C)nc3c2nc(-c2ccccc2C)n3CCO)CC1.Cl. The van der Waals surface area contributed by atoms with Crippen LogP contribution in [-0.4, -0.2) is 68.2 Å². The van der Waals surface area contributed by atoms with E-state index in [9.17, 15) is 9.90 Å². The zero-order chi connectivity index (χ0) is 20.5. The third-order valence-corrected chi connectivity index (χ3v) is 5.42. The Morgan fingerprint density at radius 3 is 2.40 bits per heavy atom. The molecule has 1 aliphatic heterocycles. The summed E-state index contributed by atoms with van der Waals surface area (Å²) in [4.78, 5) is 30.0. The molecular weight excluding hydrogens is 404 g/mol. The predicted octanol–water partition coefficient (Wildman–Crippen LogP) is 2.19. The summed E-state index contributed by atoms with van der Waals surface area (Å²) in [6.07, 6.45) is 0. The average molecular weight is 431 g/mol. The zero-order valence-corrected chi connectivity index (χ0v) is 18.3. The number of imidazole rings is 1. The highest BCUT2D eigenvalue weighted by molar-refractivity contribution is 5.88. The Morgan fingerprint density at radius 1 is 1.07 bits per heavy atom. The first kappa shape index (κ1) is 22.0. The van der Waals surface area contributed by atoms with E-state index < -0.39 is 0 Å². The van der Waals surface area contributed by atoms with Crippen LogP contribution in [0.4, 0.5) is 5.82 Å². The Balaban J connectivity index is 0.00000256. The summed E-state index contributed by atoms with van der Waals surface area (Å²) in [6.45, 7) is 8.69. The molecule has 3 aromatic rings. The number of fused-ring (bicyclic) bond motifs is 1. The fraction of sp³-hybridized carbons (Fsp3) is 0.429. The molecule has 0 unspecified atom stereocenters. The van der Waals surface area contributed by atoms with Gasteiger partial charge in [0.2, 0.25) is 5.91 Å². The Labute approximate surface area is 182 Å². The fourth-order valence-electron chi connectivity index (χ4n) is 3.89. The molecule has 1 N–H and O–H groups in total. The average Bonchev–Trinajstić information content (AvgIpc) is 3.06. The second kappa shape index (κ2) is 8.97. The van der Waals surface area contributed by atoms with Gasteiger partial charge < -0.3 is 19.5 Å². The predicted molar refractivity (Wildman–Crippen MR) is 119 cm³/mol. The van der Waals surface area contributed by atoms with Crippen molar-refractivity contribution in [2.24, 2.45) is 0 Å². The molecule has 1 fully saturated rings. The fourth-order valence-corrected chi connectivity index (χ4v) is 3.89. The van der Waals surface area contributed by atoms with E-state index >= 15 is 0 Å². The number of aromatic nitrogens is 4. The van der Waals surface area contributed by atoms with Crippen LogP contribution in [0.5, 0.6) is 0 Å². The Bertz CT molecular complexity index is 1060. The van der Waals surface area contributed by atoms with Gasteiger partial charge in [0.25, 0.3) is 0 Å². The molecule has 1 aliphatic rings. The number of halogens is 1. The minimum absolute atomic E-state index is 0. The van der Waals surface area contributed by atoms with Crippen LogP contribution in [0.15, 0.2) is 24.3 Å². The van der Waals surface area contributed by atoms with E-state index in [0.717, 1.165) is 33.9 Å². The second-order valence-electron chi connectivity index (χ2n) is 7.39. The molecule has 0 saturated carbocycles. The number of aryl methyl sites for hydroxylation is 2. The number of anilines is 1. The zero-order valence-electron chi connectivity index (χ0n) is 17.5. The molecule has 0 spiro atoms. The van der Waals surface area contributed by atoms with Crippen molar-refractivity contribution in [1.82, 2.24) is 24.4 Å². The molecule has 160 valence electrons. The molecule has 1 saturated heterocycles. The van der Waals surface area contributed by atoms with Gasteiger partial charge in [-0.3, -0.25) is 4.79 Å². The highest BCUT2D eigenvalue weighted by Gasteiger charge is 2.25. The third-order valence-electron chi connectivity index (χ3n) is 5.42. The summed E-state index contributed by atoms with van der Waals surface area (Å²) >= 11 is 0. The summed E-state index contributed by atoms with van der Waals surface area (Å²) in [6, 6.07) is 8.08. The van der Waals surface area contributed by atoms with Crippen molar-refractivity contribution in [2.45, 2.75) is 27.3 Å². The van der Waals surface area contributed by atoms with Gasteiger partial charge in [-0.15, -0.1) is 12.4 Å². The maximum atomic E-state index is 11.7. The first-order chi connectivity index (χ1) is 14.0. The monoisotopic (exact) mass is 430 g/mol. The number of hydrogen-bond acceptors (Lipinski definition) is 6. The van der Waals surface area contributed by atoms with Crippen molar-refractivity contribution < 1.29 is 9.90 Å². The van der Waals surface area contributed by atoms with Gasteiger partial charge in [0.1, 0.15) is 11.6 Å². The molecule has 1 aromatic carbocycles. The number of benzene rings is 1. The van der Waals surface area contributed by atoms with Gasteiger partial charge in [-0.05, 0) is 19.4 Å². The number of aliphatic hydroxyl groups excluding tert-OH is 1. The Kier molecular flexibility index (Phi) is 6.58. The second-order valence-corrected chi connectivity index (χ2v) is 7.39. The van der Waals surface area contributed by atoms with E-state index in [4.69, 9.17) is 9.97 Å². The van der Waals surface area contributed by atoms with Gasteiger partial charge in [-0.2, -0.15) is 0 Å². The van der Waals surface area contributed by atoms with Crippen LogP contribution in [0.1, 0.15) is 18.3 Å². The lowest BCUT2D eigenvalue weighted by atomic mass is 10.1. The number of aliphatic hydroxyl groups is 1. The van der Waals surface area contributed by atoms with Gasteiger partial charge in [0.15, 0.2) is 17.0 Å². The minimum Gasteiger partial charge on any atom is -0.395 e. The van der Waals surface area contributed by atoms with Crippen LogP contribution < -0.4 is 4.90 Å². The van der Waals surface area contributed by atoms with Crippen LogP contribution in [0.25, 0.3) is 22.6 Å². The number of rotatable bonds is 4. The molecule has 2 aromatic heterocycles. The number of carbonyl (C=O) groups excluding carboxylic acids is 1. The van der Waals surface area contributed by atoms with Crippen molar-refractivity contribution >= 4 is 35.3 Å². The topological polar surface area (TPSA) is 87.4 Å². The van der Waals surface area contributed by atoms with E-state index in [1.807, 2.05) is 34.6 Å². The first-order valence-electron chi connectivity index (χ1n) is 9.91. The van der Waals surface area contributed by atoms with E-state index in [1.165, 1.54) is 0 Å². The summed E-state index contributed by atoms with van der Waals surface area (Å²) in [7, 11) is 0. The lowest BCUT2D eigenvalue weighted by Gasteiger charge is -2.34. The molecule has 4 rings (SSSR count). The highest BCUT2D eigenvalue weighted by atomic mass is 35.5. The molecule has 0 radical (unpaired) electrons. The summed E-state index contributed by atoms with van der Waals surface area (Å²) in [5.41, 5.74) is 3.60. The van der Waals surface area contributed by atoms with Crippen LogP contribution in [-0.2, 0) is 11.3 Å². The molecule has 8 nitrogen and oxygen atoms in total. The number of nitrogens with zero attached hydrogens (tertiary/aromatic N) is 6. The van der Waals surface area contributed by atoms with E-state index in [2.05, 4.69) is 22.9 Å². The van der Waals surface area contributed by atoms with Crippen molar-refractivity contribution in [3.05, 3.63) is 35.7 Å². The molecular formula is C21H27ClN6O2. The van der Waals surface area contributed by atoms with E-state index in [-0.39, 0.29) is 24.9 Å². The van der Waals surface area contributed by atoms with Crippen molar-refractivity contribution in [3.8, 4) is 11.4 Å². The minimum atomic E-state index is 0. The van der Waals surface area contributed by atoms with Gasteiger partial charge in [-0.1, -0.05) is 24.3 Å². The van der Waals surface area contributed by atoms with Crippen LogP contribution in [0, 0.1) is 13.8 Å². The Morgan fingerprint density at radius 2 is 1.77 bits per heavy atom. The largest absolute Gasteiger partial charge is 0.395 e. The number of carbonyl (C=O) groups is 1. The lowest BCUT2D eigenvalue weighted by molar-refractivity contribution is -0.129. The van der Waals surface area contributed by atoms with Crippen LogP contribution in [0.2, 0.25) is 0 Å². The van der Waals surface area contributed by atoms with E-state index in [0.29, 0.717) is 38.5 Å². The Hall–Kier alpha value is -2.71. The van der Waals surface area contributed by atoms with Crippen molar-refractivity contribution in [3.63, 3.8) is 0 Å². The standard InChI is InChI=1S/C21H26N6O2.ClH/c1-14-6-4-5-7-17(14)19-24-18-20(26-10-8-25(9-11-26)16(3)29)22-15(2)23-21(18)27(19)12-13-28;/h4-7,28H,8-13H2,1-3H3;1H. The van der Waals surface area contributed by atoms with Crippen LogP contribution >= 0.6 is 12.4 Å². The van der Waals surface area contributed by atoms with Gasteiger partial charge in [0, 0.05) is 45.2 Å². The van der Waals surface area contributed by atoms with Gasteiger partial charge in [0.05, 0.1) is 6.61 Å². The summed E-state index contributed by atoms with van der Waals surface area (Å²) < 4.78 is 1.97. The summed E-state index contributed by atoms with van der Waals surface area (Å²) in [5, 5.41) is 9.67.